The van der Waals surface area contributed by atoms with Crippen LogP contribution in [0, 0.1) is 23.7 Å². The molecule has 87 heavy (non-hydrogen) atoms. The van der Waals surface area contributed by atoms with Gasteiger partial charge in [0, 0.05) is 25.7 Å². The number of phosphoric acid groups is 2. The molecule has 0 aromatic heterocycles. The molecule has 17 nitrogen and oxygen atoms in total. The van der Waals surface area contributed by atoms with Crippen LogP contribution in [-0.2, 0) is 65.4 Å². The van der Waals surface area contributed by atoms with Crippen molar-refractivity contribution in [2.75, 3.05) is 39.6 Å². The molecule has 0 aromatic rings. The first-order chi connectivity index (χ1) is 41.6. The molecular formula is C68H132O17P2. The van der Waals surface area contributed by atoms with E-state index in [1.807, 2.05) is 0 Å². The van der Waals surface area contributed by atoms with Gasteiger partial charge in [-0.1, -0.05) is 280 Å². The van der Waals surface area contributed by atoms with Crippen LogP contribution in [0.15, 0.2) is 0 Å². The Hall–Kier alpha value is -1.94. The average molecular weight is 1280 g/mol. The molecule has 19 heteroatoms. The van der Waals surface area contributed by atoms with Crippen molar-refractivity contribution in [3.8, 4) is 0 Å². The molecule has 6 atom stereocenters. The van der Waals surface area contributed by atoms with Gasteiger partial charge in [0.15, 0.2) is 12.2 Å². The highest BCUT2D eigenvalue weighted by atomic mass is 31.2. The molecule has 0 saturated carbocycles. The van der Waals surface area contributed by atoms with Crippen LogP contribution in [-0.4, -0.2) is 96.7 Å². The van der Waals surface area contributed by atoms with Crippen molar-refractivity contribution in [1.29, 1.82) is 0 Å². The highest BCUT2D eigenvalue weighted by Gasteiger charge is 2.30. The van der Waals surface area contributed by atoms with Gasteiger partial charge in [0.1, 0.15) is 19.3 Å². The van der Waals surface area contributed by atoms with E-state index in [0.717, 1.165) is 114 Å². The summed E-state index contributed by atoms with van der Waals surface area (Å²) in [5, 5.41) is 10.6. The van der Waals surface area contributed by atoms with Crippen molar-refractivity contribution < 1.29 is 80.2 Å². The maximum absolute atomic E-state index is 13.0. The minimum Gasteiger partial charge on any atom is -0.462 e. The van der Waals surface area contributed by atoms with E-state index in [1.165, 1.54) is 128 Å². The Balaban J connectivity index is 5.22. The standard InChI is InChI=1S/C68H132O17P2/c1-9-61(8)47-39-31-26-27-35-43-51-68(73)85-64(55-78-65(70)48-40-32-23-16-14-12-10-11-13-15-20-28-36-44-58(2)3)57-83-87(76,77)81-53-62(69)52-80-86(74,75)82-56-63(54-79-66(71)49-41-33-25-19-22-30-38-46-60(6)7)84-67(72)50-42-34-24-18-17-21-29-37-45-59(4)5/h58-64,69H,9-57H2,1-8H3,(H,74,75)(H,76,77)/t61?,62?,63-,64-/m1/s1. The summed E-state index contributed by atoms with van der Waals surface area (Å²) < 4.78 is 68.1. The fraction of sp³-hybridized carbons (Fsp3) is 0.941. The lowest BCUT2D eigenvalue weighted by Gasteiger charge is -2.21. The second kappa shape index (κ2) is 57.9. The molecule has 0 radical (unpaired) electrons. The number of carbonyl (C=O) groups excluding carboxylic acids is 4. The normalized spacial score (nSPS) is 14.6. The quantitative estimate of drug-likeness (QED) is 0.0222. The molecular weight excluding hydrogens is 1150 g/mol. The van der Waals surface area contributed by atoms with Crippen LogP contribution >= 0.6 is 15.6 Å². The number of phosphoric ester groups is 2. The predicted octanol–water partition coefficient (Wildman–Crippen LogP) is 18.9. The second-order valence-electron chi connectivity index (χ2n) is 26.2. The van der Waals surface area contributed by atoms with Crippen molar-refractivity contribution in [2.24, 2.45) is 23.7 Å². The van der Waals surface area contributed by atoms with E-state index < -0.39 is 97.5 Å². The topological polar surface area (TPSA) is 237 Å². The van der Waals surface area contributed by atoms with Gasteiger partial charge in [0.25, 0.3) is 0 Å². The minimum absolute atomic E-state index is 0.102. The van der Waals surface area contributed by atoms with Gasteiger partial charge >= 0.3 is 39.5 Å². The molecule has 0 aliphatic carbocycles. The number of esters is 4. The summed E-state index contributed by atoms with van der Waals surface area (Å²) in [5.41, 5.74) is 0. The van der Waals surface area contributed by atoms with E-state index in [1.54, 1.807) is 0 Å². The molecule has 0 heterocycles. The number of hydrogen-bond donors (Lipinski definition) is 3. The van der Waals surface area contributed by atoms with Gasteiger partial charge < -0.3 is 33.8 Å². The Morgan fingerprint density at radius 1 is 0.322 bits per heavy atom. The maximum Gasteiger partial charge on any atom is 0.472 e. The smallest absolute Gasteiger partial charge is 0.462 e. The summed E-state index contributed by atoms with van der Waals surface area (Å²) >= 11 is 0. The highest BCUT2D eigenvalue weighted by Crippen LogP contribution is 2.45. The lowest BCUT2D eigenvalue weighted by Crippen LogP contribution is -2.30. The zero-order valence-electron chi connectivity index (χ0n) is 56.6. The van der Waals surface area contributed by atoms with Crippen LogP contribution in [0.3, 0.4) is 0 Å². The number of unbranched alkanes of at least 4 members (excludes halogenated alkanes) is 30. The molecule has 0 aliphatic rings. The Morgan fingerprint density at radius 2 is 0.552 bits per heavy atom. The highest BCUT2D eigenvalue weighted by molar-refractivity contribution is 7.47. The fourth-order valence-electron chi connectivity index (χ4n) is 10.1. The Kier molecular flexibility index (Phi) is 56.6. The van der Waals surface area contributed by atoms with Crippen LogP contribution in [0.4, 0.5) is 0 Å². The van der Waals surface area contributed by atoms with Crippen molar-refractivity contribution >= 4 is 39.5 Å². The first-order valence-electron chi connectivity index (χ1n) is 35.2. The molecule has 0 saturated heterocycles. The maximum atomic E-state index is 13.0. The summed E-state index contributed by atoms with van der Waals surface area (Å²) in [6.45, 7) is 14.0. The van der Waals surface area contributed by atoms with Crippen LogP contribution in [0.1, 0.15) is 331 Å². The Labute approximate surface area is 530 Å². The Bertz CT molecular complexity index is 1730. The van der Waals surface area contributed by atoms with E-state index in [2.05, 4.69) is 55.4 Å². The van der Waals surface area contributed by atoms with Gasteiger partial charge in [-0.15, -0.1) is 0 Å². The molecule has 0 amide bonds. The third-order valence-corrected chi connectivity index (χ3v) is 17.8. The second-order valence-corrected chi connectivity index (χ2v) is 29.1. The van der Waals surface area contributed by atoms with E-state index in [4.69, 9.17) is 37.0 Å². The number of hydrogen-bond acceptors (Lipinski definition) is 15. The lowest BCUT2D eigenvalue weighted by molar-refractivity contribution is -0.161. The Morgan fingerprint density at radius 3 is 0.816 bits per heavy atom. The van der Waals surface area contributed by atoms with Gasteiger partial charge in [-0.25, -0.2) is 9.13 Å². The predicted molar refractivity (Wildman–Crippen MR) is 349 cm³/mol. The minimum atomic E-state index is -4.95. The molecule has 0 aliphatic heterocycles. The van der Waals surface area contributed by atoms with Gasteiger partial charge in [-0.3, -0.25) is 37.3 Å². The molecule has 0 rings (SSSR count). The van der Waals surface area contributed by atoms with Crippen molar-refractivity contribution in [2.45, 2.75) is 350 Å². The van der Waals surface area contributed by atoms with E-state index in [9.17, 15) is 43.2 Å². The lowest BCUT2D eigenvalue weighted by atomic mass is 10.00. The van der Waals surface area contributed by atoms with Gasteiger partial charge in [0.05, 0.1) is 26.4 Å². The molecule has 0 bridgehead atoms. The van der Waals surface area contributed by atoms with Crippen molar-refractivity contribution in [3.05, 3.63) is 0 Å². The van der Waals surface area contributed by atoms with Crippen LogP contribution < -0.4 is 0 Å². The summed E-state index contributed by atoms with van der Waals surface area (Å²) in [6, 6.07) is 0. The third-order valence-electron chi connectivity index (χ3n) is 15.9. The molecule has 0 aromatic carbocycles. The van der Waals surface area contributed by atoms with Crippen LogP contribution in [0.25, 0.3) is 0 Å². The number of carbonyl (C=O) groups is 4. The zero-order valence-corrected chi connectivity index (χ0v) is 58.4. The molecule has 0 fully saturated rings. The SMILES string of the molecule is CCC(C)CCCCCCCCC(=O)O[C@H](COC(=O)CCCCCCCCCCCCCCCC(C)C)COP(=O)(O)OCC(O)COP(=O)(O)OC[C@@H](COC(=O)CCCCCCCCCC(C)C)OC(=O)CCCCCCCCCCC(C)C. The van der Waals surface area contributed by atoms with Crippen LogP contribution in [0.5, 0.6) is 0 Å². The summed E-state index contributed by atoms with van der Waals surface area (Å²) in [5.74, 6) is 0.798. The average Bonchev–Trinajstić information content (AvgIpc) is 3.66. The molecule has 0 spiro atoms. The number of aliphatic hydroxyl groups is 1. The summed E-state index contributed by atoms with van der Waals surface area (Å²) in [4.78, 5) is 72.4. The van der Waals surface area contributed by atoms with E-state index >= 15 is 0 Å². The van der Waals surface area contributed by atoms with Gasteiger partial charge in [-0.2, -0.15) is 0 Å². The fourth-order valence-corrected chi connectivity index (χ4v) is 11.7. The van der Waals surface area contributed by atoms with Crippen molar-refractivity contribution in [3.63, 3.8) is 0 Å². The van der Waals surface area contributed by atoms with Gasteiger partial charge in [0.2, 0.25) is 0 Å². The first-order valence-corrected chi connectivity index (χ1v) is 38.2. The van der Waals surface area contributed by atoms with Gasteiger partial charge in [-0.05, 0) is 49.4 Å². The third kappa shape index (κ3) is 61.3. The molecule has 3 N–H and O–H groups in total. The van der Waals surface area contributed by atoms with E-state index in [-0.39, 0.29) is 25.7 Å². The largest absolute Gasteiger partial charge is 0.472 e. The molecule has 516 valence electrons. The monoisotopic (exact) mass is 1280 g/mol. The molecule has 4 unspecified atom stereocenters. The first kappa shape index (κ1) is 85.1. The van der Waals surface area contributed by atoms with Crippen LogP contribution in [0.2, 0.25) is 0 Å². The zero-order chi connectivity index (χ0) is 64.7. The number of aliphatic hydroxyl groups excluding tert-OH is 1. The van der Waals surface area contributed by atoms with E-state index in [0.29, 0.717) is 31.6 Å². The summed E-state index contributed by atoms with van der Waals surface area (Å²) in [7, 11) is -9.90. The van der Waals surface area contributed by atoms with Crippen molar-refractivity contribution in [1.82, 2.24) is 0 Å². The summed E-state index contributed by atoms with van der Waals surface area (Å²) in [6.07, 6.45) is 39.1. The number of rotatable bonds is 65. The number of ether oxygens (including phenoxy) is 4.